The molecule has 1 amide bonds. The molecule has 0 aliphatic rings. The highest BCUT2D eigenvalue weighted by atomic mass is 32.1. The number of anilines is 1. The third-order valence-corrected chi connectivity index (χ3v) is 5.51. The number of carbonyl (C=O) groups is 2. The lowest BCUT2D eigenvalue weighted by Crippen LogP contribution is -2.14. The van der Waals surface area contributed by atoms with Gasteiger partial charge in [-0.05, 0) is 55.0 Å². The molecule has 0 saturated carbocycles. The fraction of sp³-hybridized carbons (Fsp3) is 0.455. The van der Waals surface area contributed by atoms with Crippen molar-refractivity contribution in [2.45, 2.75) is 47.0 Å². The maximum Gasteiger partial charge on any atom is 0.341 e. The van der Waals surface area contributed by atoms with E-state index in [0.717, 1.165) is 11.3 Å². The smallest absolute Gasteiger partial charge is 0.341 e. The Labute approximate surface area is 171 Å². The van der Waals surface area contributed by atoms with Gasteiger partial charge in [0.15, 0.2) is 0 Å². The number of thiophene rings is 1. The molecule has 1 aromatic heterocycles. The topological polar surface area (TPSA) is 64.6 Å². The SMILES string of the molecule is CCOC(=O)c1cc([C@@H](C)CC(C)(C)C)sc1NC(=O)c1ccc(OC)cc1. The largest absolute Gasteiger partial charge is 0.497 e. The second kappa shape index (κ2) is 9.24. The fourth-order valence-electron chi connectivity index (χ4n) is 3.04. The first-order valence-electron chi connectivity index (χ1n) is 9.41. The molecule has 0 radical (unpaired) electrons. The molecular weight excluding hydrogens is 374 g/mol. The van der Waals surface area contributed by atoms with Crippen LogP contribution in [0, 0.1) is 5.41 Å². The third kappa shape index (κ3) is 5.83. The molecule has 152 valence electrons. The normalized spacial score (nSPS) is 12.4. The minimum absolute atomic E-state index is 0.167. The van der Waals surface area contributed by atoms with E-state index in [2.05, 4.69) is 33.0 Å². The zero-order valence-corrected chi connectivity index (χ0v) is 18.2. The number of nitrogens with one attached hydrogen (secondary N) is 1. The van der Waals surface area contributed by atoms with E-state index >= 15 is 0 Å². The summed E-state index contributed by atoms with van der Waals surface area (Å²) in [6.07, 6.45) is 0.974. The van der Waals surface area contributed by atoms with Gasteiger partial charge in [0.1, 0.15) is 10.8 Å². The fourth-order valence-corrected chi connectivity index (χ4v) is 4.14. The second-order valence-electron chi connectivity index (χ2n) is 7.96. The summed E-state index contributed by atoms with van der Waals surface area (Å²) < 4.78 is 10.3. The summed E-state index contributed by atoms with van der Waals surface area (Å²) in [4.78, 5) is 26.1. The van der Waals surface area contributed by atoms with Gasteiger partial charge in [-0.15, -0.1) is 11.3 Å². The van der Waals surface area contributed by atoms with Crippen molar-refractivity contribution in [1.82, 2.24) is 0 Å². The van der Waals surface area contributed by atoms with Crippen molar-refractivity contribution in [2.24, 2.45) is 5.41 Å². The van der Waals surface area contributed by atoms with Crippen molar-refractivity contribution < 1.29 is 19.1 Å². The molecule has 1 atom stereocenters. The number of amides is 1. The zero-order valence-electron chi connectivity index (χ0n) is 17.4. The lowest BCUT2D eigenvalue weighted by atomic mass is 9.85. The van der Waals surface area contributed by atoms with Crippen molar-refractivity contribution in [1.29, 1.82) is 0 Å². The Morgan fingerprint density at radius 3 is 2.36 bits per heavy atom. The Bertz CT molecular complexity index is 818. The highest BCUT2D eigenvalue weighted by Crippen LogP contribution is 2.38. The first kappa shape index (κ1) is 22.0. The van der Waals surface area contributed by atoms with Gasteiger partial charge in [-0.3, -0.25) is 4.79 Å². The lowest BCUT2D eigenvalue weighted by Gasteiger charge is -2.22. The van der Waals surface area contributed by atoms with Crippen LogP contribution in [0.4, 0.5) is 5.00 Å². The molecule has 0 aliphatic heterocycles. The van der Waals surface area contributed by atoms with Gasteiger partial charge in [0.2, 0.25) is 0 Å². The van der Waals surface area contributed by atoms with Gasteiger partial charge in [-0.1, -0.05) is 27.7 Å². The van der Waals surface area contributed by atoms with E-state index in [1.165, 1.54) is 11.3 Å². The van der Waals surface area contributed by atoms with Gasteiger partial charge < -0.3 is 14.8 Å². The van der Waals surface area contributed by atoms with Crippen LogP contribution in [0.1, 0.15) is 72.6 Å². The quantitative estimate of drug-likeness (QED) is 0.600. The predicted molar refractivity (Wildman–Crippen MR) is 114 cm³/mol. The van der Waals surface area contributed by atoms with E-state index in [0.29, 0.717) is 21.9 Å². The summed E-state index contributed by atoms with van der Waals surface area (Å²) in [7, 11) is 1.58. The minimum atomic E-state index is -0.419. The summed E-state index contributed by atoms with van der Waals surface area (Å²) in [6.45, 7) is 10.8. The zero-order chi connectivity index (χ0) is 20.9. The second-order valence-corrected chi connectivity index (χ2v) is 9.04. The Morgan fingerprint density at radius 1 is 1.18 bits per heavy atom. The van der Waals surface area contributed by atoms with Gasteiger partial charge in [0, 0.05) is 10.4 Å². The minimum Gasteiger partial charge on any atom is -0.497 e. The summed E-state index contributed by atoms with van der Waals surface area (Å²) in [5, 5.41) is 3.40. The molecule has 0 fully saturated rings. The van der Waals surface area contributed by atoms with Crippen LogP contribution in [0.15, 0.2) is 30.3 Å². The molecule has 2 rings (SSSR count). The van der Waals surface area contributed by atoms with Crippen molar-refractivity contribution in [2.75, 3.05) is 19.0 Å². The number of hydrogen-bond donors (Lipinski definition) is 1. The van der Waals surface area contributed by atoms with Crippen LogP contribution >= 0.6 is 11.3 Å². The lowest BCUT2D eigenvalue weighted by molar-refractivity contribution is 0.0528. The molecule has 2 aromatic rings. The molecule has 0 saturated heterocycles. The number of carbonyl (C=O) groups excluding carboxylic acids is 2. The number of benzene rings is 1. The molecule has 6 heteroatoms. The van der Waals surface area contributed by atoms with E-state index < -0.39 is 5.97 Å². The van der Waals surface area contributed by atoms with Gasteiger partial charge >= 0.3 is 5.97 Å². The maximum absolute atomic E-state index is 12.7. The first-order chi connectivity index (χ1) is 13.1. The molecule has 0 unspecified atom stereocenters. The van der Waals surface area contributed by atoms with E-state index in [4.69, 9.17) is 9.47 Å². The Balaban J connectivity index is 2.29. The van der Waals surface area contributed by atoms with Crippen LogP contribution in [0.2, 0.25) is 0 Å². The highest BCUT2D eigenvalue weighted by molar-refractivity contribution is 7.16. The monoisotopic (exact) mass is 403 g/mol. The number of ether oxygens (including phenoxy) is 2. The molecule has 0 spiro atoms. The molecular formula is C22H29NO4S. The Morgan fingerprint density at radius 2 is 1.82 bits per heavy atom. The molecule has 1 N–H and O–H groups in total. The number of rotatable bonds is 7. The van der Waals surface area contributed by atoms with Gasteiger partial charge in [-0.25, -0.2) is 4.79 Å². The highest BCUT2D eigenvalue weighted by Gasteiger charge is 2.24. The third-order valence-electron chi connectivity index (χ3n) is 4.23. The van der Waals surface area contributed by atoms with E-state index in [-0.39, 0.29) is 23.8 Å². The van der Waals surface area contributed by atoms with Crippen LogP contribution in [0.3, 0.4) is 0 Å². The Kier molecular flexibility index (Phi) is 7.24. The van der Waals surface area contributed by atoms with Crippen LogP contribution in [0.5, 0.6) is 5.75 Å². The van der Waals surface area contributed by atoms with Gasteiger partial charge in [0.05, 0.1) is 19.3 Å². The average molecular weight is 404 g/mol. The van der Waals surface area contributed by atoms with Crippen LogP contribution in [-0.4, -0.2) is 25.6 Å². The van der Waals surface area contributed by atoms with Crippen LogP contribution in [-0.2, 0) is 4.74 Å². The van der Waals surface area contributed by atoms with Crippen LogP contribution in [0.25, 0.3) is 0 Å². The summed E-state index contributed by atoms with van der Waals surface area (Å²) in [6, 6.07) is 8.69. The molecule has 0 bridgehead atoms. The van der Waals surface area contributed by atoms with Crippen molar-refractivity contribution >= 4 is 28.2 Å². The van der Waals surface area contributed by atoms with E-state index in [1.54, 1.807) is 38.3 Å². The standard InChI is InChI=1S/C22H29NO4S/c1-7-27-21(25)17-12-18(14(2)13-22(3,4)5)28-20(17)23-19(24)15-8-10-16(26-6)11-9-15/h8-12,14H,7,13H2,1-6H3,(H,23,24)/t14-/m0/s1. The summed E-state index contributed by atoms with van der Waals surface area (Å²) >= 11 is 1.44. The van der Waals surface area contributed by atoms with Crippen molar-refractivity contribution in [3.05, 3.63) is 46.3 Å². The maximum atomic E-state index is 12.7. The summed E-state index contributed by atoms with van der Waals surface area (Å²) in [5.74, 6) is 0.256. The molecule has 1 aromatic carbocycles. The molecule has 5 nitrogen and oxygen atoms in total. The molecule has 1 heterocycles. The molecule has 28 heavy (non-hydrogen) atoms. The summed E-state index contributed by atoms with van der Waals surface area (Å²) in [5.41, 5.74) is 1.07. The van der Waals surface area contributed by atoms with Gasteiger partial charge in [-0.2, -0.15) is 0 Å². The van der Waals surface area contributed by atoms with E-state index in [9.17, 15) is 9.59 Å². The average Bonchev–Trinajstić information content (AvgIpc) is 3.04. The number of hydrogen-bond acceptors (Lipinski definition) is 5. The van der Waals surface area contributed by atoms with Crippen molar-refractivity contribution in [3.63, 3.8) is 0 Å². The number of methoxy groups -OCH3 is 1. The first-order valence-corrected chi connectivity index (χ1v) is 10.2. The van der Waals surface area contributed by atoms with Gasteiger partial charge in [0.25, 0.3) is 5.91 Å². The van der Waals surface area contributed by atoms with Crippen LogP contribution < -0.4 is 10.1 Å². The van der Waals surface area contributed by atoms with E-state index in [1.807, 2.05) is 6.07 Å². The predicted octanol–water partition coefficient (Wildman–Crippen LogP) is 5.73. The Hall–Kier alpha value is -2.34. The van der Waals surface area contributed by atoms with Crippen molar-refractivity contribution in [3.8, 4) is 5.75 Å². The molecule has 0 aliphatic carbocycles. The number of esters is 1.